The van der Waals surface area contributed by atoms with E-state index in [1.54, 1.807) is 0 Å². The third-order valence-corrected chi connectivity index (χ3v) is 13.0. The van der Waals surface area contributed by atoms with Crippen LogP contribution in [-0.4, -0.2) is 66.5 Å². The number of rotatable bonds is 54. The number of allylic oxidation sites excluding steroid dienone is 22. The highest BCUT2D eigenvalue weighted by molar-refractivity contribution is 7.47. The minimum Gasteiger partial charge on any atom is -0.462 e. The van der Waals surface area contributed by atoms with E-state index in [1.165, 1.54) is 51.4 Å². The fourth-order valence-electron chi connectivity index (χ4n) is 7.54. The zero-order valence-electron chi connectivity index (χ0n) is 48.8. The Morgan fingerprint density at radius 2 is 0.692 bits per heavy atom. The van der Waals surface area contributed by atoms with Gasteiger partial charge in [0, 0.05) is 19.3 Å². The third kappa shape index (κ3) is 56.3. The molecule has 78 heavy (non-hydrogen) atoms. The Labute approximate surface area is 474 Å². The van der Waals surface area contributed by atoms with Crippen molar-refractivity contribution in [3.63, 3.8) is 0 Å². The molecule has 0 spiro atoms. The summed E-state index contributed by atoms with van der Waals surface area (Å²) in [4.78, 5) is 48.6. The minimum absolute atomic E-state index is 0.0917. The predicted octanol–water partition coefficient (Wildman–Crippen LogP) is 18.1. The van der Waals surface area contributed by atoms with E-state index in [0.29, 0.717) is 19.3 Å². The van der Waals surface area contributed by atoms with E-state index in [1.807, 2.05) is 12.2 Å². The summed E-state index contributed by atoms with van der Waals surface area (Å²) < 4.78 is 39.5. The number of phosphoric acid groups is 1. The van der Waals surface area contributed by atoms with E-state index in [0.717, 1.165) is 116 Å². The number of carbonyl (C=O) groups is 3. The van der Waals surface area contributed by atoms with Crippen molar-refractivity contribution in [3.8, 4) is 0 Å². The summed E-state index contributed by atoms with van der Waals surface area (Å²) in [7, 11) is -4.78. The molecule has 11 nitrogen and oxygen atoms in total. The van der Waals surface area contributed by atoms with Gasteiger partial charge in [0.25, 0.3) is 0 Å². The van der Waals surface area contributed by atoms with Crippen molar-refractivity contribution in [1.29, 1.82) is 0 Å². The van der Waals surface area contributed by atoms with Gasteiger partial charge in [0.1, 0.15) is 12.7 Å². The Kier molecular flexibility index (Phi) is 55.5. The van der Waals surface area contributed by atoms with Crippen LogP contribution in [0.4, 0.5) is 0 Å². The summed E-state index contributed by atoms with van der Waals surface area (Å²) in [5.74, 6) is -1.61. The molecule has 0 bridgehead atoms. The molecule has 3 unspecified atom stereocenters. The van der Waals surface area contributed by atoms with Gasteiger partial charge in [0.2, 0.25) is 0 Å². The van der Waals surface area contributed by atoms with Gasteiger partial charge < -0.3 is 24.2 Å². The first-order valence-electron chi connectivity index (χ1n) is 30.1. The smallest absolute Gasteiger partial charge is 0.462 e. The number of esters is 3. The second-order valence-electron chi connectivity index (χ2n) is 19.4. The van der Waals surface area contributed by atoms with E-state index in [-0.39, 0.29) is 25.9 Å². The lowest BCUT2D eigenvalue weighted by molar-refractivity contribution is -0.161. The summed E-state index contributed by atoms with van der Waals surface area (Å²) in [5, 5.41) is 9.81. The molecular weight excluding hydrogens is 1000 g/mol. The Bertz CT molecular complexity index is 1820. The second kappa shape index (κ2) is 58.8. The highest BCUT2D eigenvalue weighted by Crippen LogP contribution is 2.43. The van der Waals surface area contributed by atoms with Crippen molar-refractivity contribution in [2.75, 3.05) is 26.4 Å². The van der Waals surface area contributed by atoms with E-state index in [4.69, 9.17) is 23.3 Å². The molecular formula is C66H107O11P. The van der Waals surface area contributed by atoms with Crippen LogP contribution in [-0.2, 0) is 42.2 Å². The van der Waals surface area contributed by atoms with Gasteiger partial charge in [-0.3, -0.25) is 23.4 Å². The van der Waals surface area contributed by atoms with Crippen LogP contribution in [0.25, 0.3) is 0 Å². The number of phosphoric ester groups is 1. The first-order valence-corrected chi connectivity index (χ1v) is 31.6. The zero-order valence-corrected chi connectivity index (χ0v) is 49.7. The van der Waals surface area contributed by atoms with Crippen molar-refractivity contribution < 1.29 is 52.2 Å². The highest BCUT2D eigenvalue weighted by atomic mass is 31.2. The maximum Gasteiger partial charge on any atom is 0.472 e. The van der Waals surface area contributed by atoms with Crippen LogP contribution in [0.3, 0.4) is 0 Å². The molecule has 3 atom stereocenters. The van der Waals surface area contributed by atoms with Gasteiger partial charge in [-0.1, -0.05) is 219 Å². The van der Waals surface area contributed by atoms with Crippen LogP contribution < -0.4 is 0 Å². The molecule has 0 radical (unpaired) electrons. The summed E-state index contributed by atoms with van der Waals surface area (Å²) in [6, 6.07) is 0. The molecule has 442 valence electrons. The Balaban J connectivity index is 4.87. The number of carbonyl (C=O) groups excluding carboxylic acids is 3. The summed E-state index contributed by atoms with van der Waals surface area (Å²) in [6.07, 6.45) is 74.2. The molecule has 0 amide bonds. The molecule has 2 N–H and O–H groups in total. The maximum atomic E-state index is 12.9. The summed E-state index contributed by atoms with van der Waals surface area (Å²) in [5.41, 5.74) is 0. The van der Waals surface area contributed by atoms with Gasteiger partial charge >= 0.3 is 25.7 Å². The van der Waals surface area contributed by atoms with E-state index in [9.17, 15) is 28.9 Å². The Morgan fingerprint density at radius 1 is 0.372 bits per heavy atom. The van der Waals surface area contributed by atoms with Crippen molar-refractivity contribution in [2.24, 2.45) is 0 Å². The quantitative estimate of drug-likeness (QED) is 0.0197. The maximum absolute atomic E-state index is 12.9. The predicted molar refractivity (Wildman–Crippen MR) is 325 cm³/mol. The van der Waals surface area contributed by atoms with Crippen LogP contribution in [0, 0.1) is 0 Å². The molecule has 0 aromatic carbocycles. The van der Waals surface area contributed by atoms with Crippen LogP contribution in [0.2, 0.25) is 0 Å². The topological polar surface area (TPSA) is 155 Å². The number of hydrogen-bond donors (Lipinski definition) is 2. The monoisotopic (exact) mass is 1110 g/mol. The lowest BCUT2D eigenvalue weighted by atomic mass is 10.1. The molecule has 0 aliphatic heterocycles. The minimum atomic E-state index is -4.78. The van der Waals surface area contributed by atoms with Crippen molar-refractivity contribution in [1.82, 2.24) is 0 Å². The van der Waals surface area contributed by atoms with Crippen molar-refractivity contribution in [3.05, 3.63) is 134 Å². The Morgan fingerprint density at radius 3 is 1.09 bits per heavy atom. The summed E-state index contributed by atoms with van der Waals surface area (Å²) in [6.45, 7) is 4.26. The number of aliphatic hydroxyl groups is 1. The van der Waals surface area contributed by atoms with E-state index < -0.39 is 57.8 Å². The van der Waals surface area contributed by atoms with Gasteiger partial charge in [0.05, 0.1) is 19.8 Å². The van der Waals surface area contributed by atoms with Crippen LogP contribution in [0.5, 0.6) is 0 Å². The fourth-order valence-corrected chi connectivity index (χ4v) is 8.33. The van der Waals surface area contributed by atoms with Crippen molar-refractivity contribution in [2.45, 2.75) is 238 Å². The van der Waals surface area contributed by atoms with E-state index in [2.05, 4.69) is 142 Å². The third-order valence-electron chi connectivity index (χ3n) is 12.1. The molecule has 0 rings (SSSR count). The SMILES string of the molecule is CC/C=C\C/C=C\C/C=C\C/C=C\C/C=C\C/C=C\CCC(=O)OCC(COP(=O)(O)OCC(CO)OC(=O)CCCCC/C=C\C/C=C\C/C=C\CC)OC(=O)CCCCCCCCCCC/C=C\C/C=C\CCCCC. The molecule has 0 aromatic rings. The Hall–Kier alpha value is -4.38. The molecule has 0 aliphatic carbocycles. The van der Waals surface area contributed by atoms with Crippen LogP contribution in [0.15, 0.2) is 134 Å². The van der Waals surface area contributed by atoms with Crippen LogP contribution >= 0.6 is 7.82 Å². The molecule has 0 heterocycles. The van der Waals surface area contributed by atoms with Gasteiger partial charge in [-0.25, -0.2) is 4.57 Å². The number of hydrogen-bond acceptors (Lipinski definition) is 10. The molecule has 0 saturated carbocycles. The average molecular weight is 1110 g/mol. The number of ether oxygens (including phenoxy) is 3. The van der Waals surface area contributed by atoms with Gasteiger partial charge in [-0.05, 0) is 122 Å². The summed E-state index contributed by atoms with van der Waals surface area (Å²) >= 11 is 0. The molecule has 0 fully saturated rings. The number of unbranched alkanes of at least 4 members (excludes halogenated alkanes) is 15. The first kappa shape index (κ1) is 73.6. The lowest BCUT2D eigenvalue weighted by Gasteiger charge is -2.21. The highest BCUT2D eigenvalue weighted by Gasteiger charge is 2.28. The van der Waals surface area contributed by atoms with Gasteiger partial charge in [-0.2, -0.15) is 0 Å². The molecule has 0 saturated heterocycles. The molecule has 12 heteroatoms. The van der Waals surface area contributed by atoms with Crippen molar-refractivity contribution >= 4 is 25.7 Å². The average Bonchev–Trinajstić information content (AvgIpc) is 3.43. The first-order chi connectivity index (χ1) is 38.2. The second-order valence-corrected chi connectivity index (χ2v) is 20.8. The molecule has 0 aromatic heterocycles. The normalized spacial score (nSPS) is 14.3. The van der Waals surface area contributed by atoms with Crippen LogP contribution in [0.1, 0.15) is 226 Å². The number of aliphatic hydroxyl groups excluding tert-OH is 1. The fraction of sp³-hybridized carbons (Fsp3) is 0.621. The molecule has 0 aliphatic rings. The standard InChI is InChI=1S/C66H107O11P/c1-4-7-10-13-16-19-22-25-27-29-31-33-35-38-40-43-46-49-52-55-64(68)73-59-63(77-66(70)57-54-51-48-45-42-39-36-34-32-30-28-26-23-20-17-14-11-8-5-2)61-75-78(71,72)74-60-62(58-67)76-65(69)56-53-50-47-44-41-37-24-21-18-15-12-9-6-3/h7,9-10,12,16-21,25-28,31,33,37-38,40-41,46,49,62-63,67H,4-6,8,11,13-15,22-24,29-30,32,34-36,39,42-45,47-48,50-61H2,1-3H3,(H,71,72)/b10-7-,12-9-,19-16-,20-17-,21-18-,27-25-,28-26-,33-31-,40-38-,41-37-,49-46-. The van der Waals surface area contributed by atoms with Gasteiger partial charge in [-0.15, -0.1) is 0 Å². The lowest BCUT2D eigenvalue weighted by Crippen LogP contribution is -2.30. The zero-order chi connectivity index (χ0) is 56.9. The van der Waals surface area contributed by atoms with Gasteiger partial charge in [0.15, 0.2) is 6.10 Å². The van der Waals surface area contributed by atoms with E-state index >= 15 is 0 Å². The largest absolute Gasteiger partial charge is 0.472 e.